The van der Waals surface area contributed by atoms with Crippen LogP contribution in [-0.4, -0.2) is 80.8 Å². The summed E-state index contributed by atoms with van der Waals surface area (Å²) in [6.07, 6.45) is -4.05. The Balaban J connectivity index is 0. The lowest BCUT2D eigenvalue weighted by molar-refractivity contribution is -0.131. The molecule has 0 aliphatic heterocycles. The van der Waals surface area contributed by atoms with Crippen molar-refractivity contribution in [2.24, 2.45) is 0 Å². The van der Waals surface area contributed by atoms with Gasteiger partial charge in [0.15, 0.2) is 12.1 Å². The summed E-state index contributed by atoms with van der Waals surface area (Å²) >= 11 is 0. The molecule has 0 aromatic rings. The van der Waals surface area contributed by atoms with Gasteiger partial charge in [0, 0.05) is 0 Å². The lowest BCUT2D eigenvalue weighted by Crippen LogP contribution is -2.30. The van der Waals surface area contributed by atoms with Crippen LogP contribution < -0.4 is 0 Å². The van der Waals surface area contributed by atoms with Gasteiger partial charge in [-0.05, 0) is 0 Å². The van der Waals surface area contributed by atoms with E-state index in [9.17, 15) is 9.59 Å². The van der Waals surface area contributed by atoms with E-state index in [0.717, 1.165) is 0 Å². The maximum Gasteiger partial charge on any atom is 0.188 e. The number of carbonyl (C=O) groups is 2. The van der Waals surface area contributed by atoms with E-state index >= 15 is 0 Å². The highest BCUT2D eigenvalue weighted by atomic mass is 16.4. The molecule has 0 rings (SSSR count). The van der Waals surface area contributed by atoms with Gasteiger partial charge in [0.1, 0.15) is 24.9 Å². The van der Waals surface area contributed by atoms with Crippen molar-refractivity contribution in [3.05, 3.63) is 0 Å². The fraction of sp³-hybridized carbons (Fsp3) is 0.750. The number of aldehydes is 1. The van der Waals surface area contributed by atoms with Gasteiger partial charge in [0.2, 0.25) is 0 Å². The van der Waals surface area contributed by atoms with Crippen molar-refractivity contribution in [3.8, 4) is 0 Å². The van der Waals surface area contributed by atoms with Gasteiger partial charge in [0.05, 0.1) is 13.2 Å². The van der Waals surface area contributed by atoms with Gasteiger partial charge in [-0.3, -0.25) is 4.79 Å². The van der Waals surface area contributed by atoms with E-state index in [2.05, 4.69) is 0 Å². The van der Waals surface area contributed by atoms with Crippen LogP contribution >= 0.6 is 0 Å². The van der Waals surface area contributed by atoms with Gasteiger partial charge in [0.25, 0.3) is 0 Å². The second-order valence-corrected chi connectivity index (χ2v) is 2.70. The number of hydrogen-bond acceptors (Lipinski definition) is 8. The van der Waals surface area contributed by atoms with Gasteiger partial charge in [-0.2, -0.15) is 0 Å². The average molecular weight is 240 g/mol. The van der Waals surface area contributed by atoms with Crippen molar-refractivity contribution in [1.29, 1.82) is 0 Å². The summed E-state index contributed by atoms with van der Waals surface area (Å²) < 4.78 is 0. The third kappa shape index (κ3) is 8.41. The molecule has 0 saturated carbocycles. The van der Waals surface area contributed by atoms with Gasteiger partial charge >= 0.3 is 0 Å². The summed E-state index contributed by atoms with van der Waals surface area (Å²) in [5, 5.41) is 49.2. The zero-order chi connectivity index (χ0) is 13.1. The number of aliphatic hydroxyl groups is 6. The third-order valence-electron chi connectivity index (χ3n) is 1.42. The standard InChI is InChI=1S/2C4H8O4/c2*5-1-3(7)4(8)2-6/h3,5-7H,1-2H2;1,3-4,6-8H,2H2. The molecule has 6 N–H and O–H groups in total. The Morgan fingerprint density at radius 3 is 1.69 bits per heavy atom. The second kappa shape index (κ2) is 10.6. The Hall–Kier alpha value is -0.900. The number of carbonyl (C=O) groups excluding carboxylic acids is 2. The van der Waals surface area contributed by atoms with Crippen LogP contribution in [0.3, 0.4) is 0 Å². The van der Waals surface area contributed by atoms with E-state index < -0.39 is 43.9 Å². The summed E-state index contributed by atoms with van der Waals surface area (Å²) in [5.41, 5.74) is 0. The Kier molecular flexibility index (Phi) is 11.6. The molecule has 8 nitrogen and oxygen atoms in total. The van der Waals surface area contributed by atoms with Crippen LogP contribution in [0.25, 0.3) is 0 Å². The predicted molar refractivity (Wildman–Crippen MR) is 50.3 cm³/mol. The summed E-state index contributed by atoms with van der Waals surface area (Å²) in [5.74, 6) is -0.757. The molecule has 16 heavy (non-hydrogen) atoms. The highest BCUT2D eigenvalue weighted by Crippen LogP contribution is 1.85. The Bertz CT molecular complexity index is 194. The molecular weight excluding hydrogens is 224 g/mol. The minimum Gasteiger partial charge on any atom is -0.394 e. The molecule has 96 valence electrons. The van der Waals surface area contributed by atoms with Gasteiger partial charge in [-0.25, -0.2) is 0 Å². The maximum absolute atomic E-state index is 10.1. The molecule has 3 atom stereocenters. The summed E-state index contributed by atoms with van der Waals surface area (Å²) in [4.78, 5) is 19.7. The largest absolute Gasteiger partial charge is 0.394 e. The molecule has 0 amide bonds. The second-order valence-electron chi connectivity index (χ2n) is 2.70. The van der Waals surface area contributed by atoms with Crippen molar-refractivity contribution >= 4 is 12.1 Å². The molecule has 0 aromatic heterocycles. The molecule has 0 radical (unpaired) electrons. The van der Waals surface area contributed by atoms with E-state index in [1.165, 1.54) is 0 Å². The third-order valence-corrected chi connectivity index (χ3v) is 1.42. The quantitative estimate of drug-likeness (QED) is 0.255. The molecule has 0 heterocycles. The van der Waals surface area contributed by atoms with Crippen LogP contribution in [0, 0.1) is 0 Å². The highest BCUT2D eigenvalue weighted by Gasteiger charge is 2.12. The minimum atomic E-state index is -1.46. The van der Waals surface area contributed by atoms with Crippen LogP contribution in [0.15, 0.2) is 0 Å². The van der Waals surface area contributed by atoms with E-state index in [-0.39, 0.29) is 6.29 Å². The number of ketones is 1. The number of hydrogen-bond donors (Lipinski definition) is 6. The average Bonchev–Trinajstić information content (AvgIpc) is 2.35. The lowest BCUT2D eigenvalue weighted by Gasteiger charge is -2.06. The SMILES string of the molecule is O=C(CO)C(O)CO.O=CC(O)C(O)CO. The number of aliphatic hydroxyl groups excluding tert-OH is 6. The van der Waals surface area contributed by atoms with Crippen molar-refractivity contribution in [3.63, 3.8) is 0 Å². The molecule has 0 spiro atoms. The summed E-state index contributed by atoms with van der Waals surface area (Å²) in [6, 6.07) is 0. The Morgan fingerprint density at radius 1 is 1.06 bits per heavy atom. The molecule has 8 heteroatoms. The van der Waals surface area contributed by atoms with Gasteiger partial charge in [-0.15, -0.1) is 0 Å². The smallest absolute Gasteiger partial charge is 0.188 e. The maximum atomic E-state index is 10.1. The Labute approximate surface area is 91.4 Å². The number of rotatable bonds is 6. The highest BCUT2D eigenvalue weighted by molar-refractivity contribution is 5.83. The molecule has 0 fully saturated rings. The molecule has 0 aliphatic rings. The van der Waals surface area contributed by atoms with Crippen LogP contribution in [0.4, 0.5) is 0 Å². The first-order chi connectivity index (χ1) is 7.44. The van der Waals surface area contributed by atoms with E-state index in [0.29, 0.717) is 0 Å². The minimum absolute atomic E-state index is 0.168. The molecule has 3 unspecified atom stereocenters. The topological polar surface area (TPSA) is 156 Å². The number of Topliss-reactive ketones (excluding diaryl/α,β-unsaturated/α-hetero) is 1. The summed E-state index contributed by atoms with van der Waals surface area (Å²) in [6.45, 7) is -1.94. The van der Waals surface area contributed by atoms with Gasteiger partial charge < -0.3 is 35.4 Å². The molecule has 0 bridgehead atoms. The van der Waals surface area contributed by atoms with Crippen molar-refractivity contribution in [2.45, 2.75) is 18.3 Å². The van der Waals surface area contributed by atoms with Crippen molar-refractivity contribution in [2.75, 3.05) is 19.8 Å². The normalized spacial score (nSPS) is 15.4. The first kappa shape index (κ1) is 17.5. The monoisotopic (exact) mass is 240 g/mol. The first-order valence-electron chi connectivity index (χ1n) is 4.29. The molecular formula is C8H16O8. The van der Waals surface area contributed by atoms with Crippen LogP contribution in [-0.2, 0) is 9.59 Å². The van der Waals surface area contributed by atoms with E-state index in [1.54, 1.807) is 0 Å². The fourth-order valence-corrected chi connectivity index (χ4v) is 0.406. The zero-order valence-corrected chi connectivity index (χ0v) is 8.43. The zero-order valence-electron chi connectivity index (χ0n) is 8.43. The molecule has 0 aromatic carbocycles. The predicted octanol–water partition coefficient (Wildman–Crippen LogP) is -4.20. The summed E-state index contributed by atoms with van der Waals surface area (Å²) in [7, 11) is 0. The van der Waals surface area contributed by atoms with Crippen LogP contribution in [0.5, 0.6) is 0 Å². The molecule has 0 saturated heterocycles. The van der Waals surface area contributed by atoms with Gasteiger partial charge in [-0.1, -0.05) is 0 Å². The van der Waals surface area contributed by atoms with Crippen LogP contribution in [0.1, 0.15) is 0 Å². The lowest BCUT2D eigenvalue weighted by atomic mass is 10.2. The molecule has 0 aliphatic carbocycles. The van der Waals surface area contributed by atoms with E-state index in [4.69, 9.17) is 30.6 Å². The van der Waals surface area contributed by atoms with Crippen molar-refractivity contribution in [1.82, 2.24) is 0 Å². The fourth-order valence-electron chi connectivity index (χ4n) is 0.406. The van der Waals surface area contributed by atoms with Crippen molar-refractivity contribution < 1.29 is 40.2 Å². The Morgan fingerprint density at radius 2 is 1.56 bits per heavy atom. The van der Waals surface area contributed by atoms with E-state index in [1.807, 2.05) is 0 Å². The first-order valence-corrected chi connectivity index (χ1v) is 4.29. The van der Waals surface area contributed by atoms with Crippen LogP contribution in [0.2, 0.25) is 0 Å².